The van der Waals surface area contributed by atoms with E-state index in [1.54, 1.807) is 4.68 Å². The maximum atomic E-state index is 9.30. The van der Waals surface area contributed by atoms with Crippen LogP contribution in [-0.4, -0.2) is 9.78 Å². The van der Waals surface area contributed by atoms with E-state index < -0.39 is 0 Å². The second-order valence-electron chi connectivity index (χ2n) is 5.31. The van der Waals surface area contributed by atoms with Crippen molar-refractivity contribution >= 4 is 21.7 Å². The van der Waals surface area contributed by atoms with Crippen molar-refractivity contribution in [2.45, 2.75) is 26.3 Å². The molecule has 0 spiro atoms. The minimum atomic E-state index is -0.261. The number of benzene rings is 1. The standard InChI is InChI=1S/C14H15BrN4/c1-14(2,3)19-13(17)11(8-16)12(18-19)9-4-6-10(15)7-5-9/h4-7H,17H2,1-3H3. The molecule has 1 aromatic heterocycles. The van der Waals surface area contributed by atoms with Gasteiger partial charge in [-0.2, -0.15) is 10.4 Å². The number of rotatable bonds is 1. The van der Waals surface area contributed by atoms with Gasteiger partial charge in [-0.25, -0.2) is 4.68 Å². The van der Waals surface area contributed by atoms with Crippen LogP contribution < -0.4 is 5.73 Å². The van der Waals surface area contributed by atoms with Crippen LogP contribution in [0.5, 0.6) is 0 Å². The number of nitrogen functional groups attached to an aromatic ring is 1. The number of nitrogens with two attached hydrogens (primary N) is 1. The summed E-state index contributed by atoms with van der Waals surface area (Å²) in [5.74, 6) is 0.410. The fourth-order valence-corrected chi connectivity index (χ4v) is 2.13. The van der Waals surface area contributed by atoms with E-state index in [9.17, 15) is 5.26 Å². The van der Waals surface area contributed by atoms with Gasteiger partial charge in [-0.15, -0.1) is 0 Å². The van der Waals surface area contributed by atoms with Crippen molar-refractivity contribution in [1.29, 1.82) is 5.26 Å². The Morgan fingerprint density at radius 3 is 2.32 bits per heavy atom. The zero-order valence-electron chi connectivity index (χ0n) is 11.1. The molecule has 2 aromatic rings. The van der Waals surface area contributed by atoms with E-state index in [0.29, 0.717) is 17.1 Å². The van der Waals surface area contributed by atoms with Gasteiger partial charge in [-0.3, -0.25) is 0 Å². The van der Waals surface area contributed by atoms with Crippen LogP contribution in [0.1, 0.15) is 26.3 Å². The first-order valence-electron chi connectivity index (χ1n) is 5.89. The number of hydrogen-bond donors (Lipinski definition) is 1. The predicted octanol–water partition coefficient (Wildman–Crippen LogP) is 3.52. The molecule has 19 heavy (non-hydrogen) atoms. The maximum Gasteiger partial charge on any atom is 0.141 e. The molecular weight excluding hydrogens is 304 g/mol. The lowest BCUT2D eigenvalue weighted by molar-refractivity contribution is 0.362. The highest BCUT2D eigenvalue weighted by Crippen LogP contribution is 2.30. The Balaban J connectivity index is 2.65. The van der Waals surface area contributed by atoms with Gasteiger partial charge >= 0.3 is 0 Å². The van der Waals surface area contributed by atoms with Crippen molar-refractivity contribution < 1.29 is 0 Å². The molecule has 0 atom stereocenters. The monoisotopic (exact) mass is 318 g/mol. The van der Waals surface area contributed by atoms with Crippen LogP contribution in [0.2, 0.25) is 0 Å². The second kappa shape index (κ2) is 4.71. The van der Waals surface area contributed by atoms with Gasteiger partial charge in [-0.1, -0.05) is 28.1 Å². The molecule has 98 valence electrons. The van der Waals surface area contributed by atoms with Crippen molar-refractivity contribution in [1.82, 2.24) is 9.78 Å². The van der Waals surface area contributed by atoms with Gasteiger partial charge in [0.2, 0.25) is 0 Å². The van der Waals surface area contributed by atoms with Gasteiger partial charge in [0.25, 0.3) is 0 Å². The average Bonchev–Trinajstić information content (AvgIpc) is 2.67. The molecule has 0 saturated heterocycles. The predicted molar refractivity (Wildman–Crippen MR) is 79.5 cm³/mol. The molecule has 2 rings (SSSR count). The van der Waals surface area contributed by atoms with Crippen LogP contribution in [0.3, 0.4) is 0 Å². The van der Waals surface area contributed by atoms with Gasteiger partial charge in [0.15, 0.2) is 0 Å². The van der Waals surface area contributed by atoms with Gasteiger partial charge in [0, 0.05) is 10.0 Å². The molecule has 1 aromatic carbocycles. The summed E-state index contributed by atoms with van der Waals surface area (Å²) in [6.45, 7) is 6.01. The highest BCUT2D eigenvalue weighted by molar-refractivity contribution is 9.10. The van der Waals surface area contributed by atoms with E-state index in [2.05, 4.69) is 27.1 Å². The first-order valence-corrected chi connectivity index (χ1v) is 6.69. The van der Waals surface area contributed by atoms with Gasteiger partial charge in [0.05, 0.1) is 5.54 Å². The van der Waals surface area contributed by atoms with Crippen molar-refractivity contribution in [2.24, 2.45) is 0 Å². The summed E-state index contributed by atoms with van der Waals surface area (Å²) >= 11 is 3.39. The summed E-state index contributed by atoms with van der Waals surface area (Å²) in [5.41, 5.74) is 7.72. The SMILES string of the molecule is CC(C)(C)n1nc(-c2ccc(Br)cc2)c(C#N)c1N. The topological polar surface area (TPSA) is 67.6 Å². The zero-order chi connectivity index (χ0) is 14.2. The average molecular weight is 319 g/mol. The summed E-state index contributed by atoms with van der Waals surface area (Å²) in [6, 6.07) is 9.82. The van der Waals surface area contributed by atoms with Crippen LogP contribution in [0.4, 0.5) is 5.82 Å². The Bertz CT molecular complexity index is 642. The van der Waals surface area contributed by atoms with Crippen molar-refractivity contribution in [2.75, 3.05) is 5.73 Å². The lowest BCUT2D eigenvalue weighted by Gasteiger charge is -2.20. The van der Waals surface area contributed by atoms with Crippen LogP contribution >= 0.6 is 15.9 Å². The Hall–Kier alpha value is -1.80. The van der Waals surface area contributed by atoms with Crippen molar-refractivity contribution in [3.8, 4) is 17.3 Å². The first-order chi connectivity index (χ1) is 8.84. The molecular formula is C14H15BrN4. The molecule has 2 N–H and O–H groups in total. The molecule has 0 unspecified atom stereocenters. The van der Waals surface area contributed by atoms with Crippen LogP contribution in [-0.2, 0) is 5.54 Å². The Labute approximate surface area is 121 Å². The highest BCUT2D eigenvalue weighted by atomic mass is 79.9. The molecule has 4 nitrogen and oxygen atoms in total. The van der Waals surface area contributed by atoms with Crippen LogP contribution in [0, 0.1) is 11.3 Å². The number of halogens is 1. The smallest absolute Gasteiger partial charge is 0.141 e. The molecule has 0 amide bonds. The van der Waals surface area contributed by atoms with E-state index >= 15 is 0 Å². The number of nitrogens with zero attached hydrogens (tertiary/aromatic N) is 3. The molecule has 0 saturated carbocycles. The molecule has 0 aliphatic carbocycles. The van der Waals surface area contributed by atoms with Gasteiger partial charge < -0.3 is 5.73 Å². The third-order valence-electron chi connectivity index (χ3n) is 2.79. The summed E-state index contributed by atoms with van der Waals surface area (Å²) in [5, 5.41) is 13.8. The van der Waals surface area contributed by atoms with Crippen LogP contribution in [0.15, 0.2) is 28.7 Å². The third kappa shape index (κ3) is 2.49. The zero-order valence-corrected chi connectivity index (χ0v) is 12.7. The normalized spacial score (nSPS) is 11.3. The van der Waals surface area contributed by atoms with Crippen LogP contribution in [0.25, 0.3) is 11.3 Å². The van der Waals surface area contributed by atoms with Gasteiger partial charge in [-0.05, 0) is 32.9 Å². The largest absolute Gasteiger partial charge is 0.383 e. The number of nitriles is 1. The lowest BCUT2D eigenvalue weighted by Crippen LogP contribution is -2.24. The van der Waals surface area contributed by atoms with E-state index in [0.717, 1.165) is 10.0 Å². The summed E-state index contributed by atoms with van der Waals surface area (Å²) in [4.78, 5) is 0. The van der Waals surface area contributed by atoms with Crippen molar-refractivity contribution in [3.05, 3.63) is 34.3 Å². The van der Waals surface area contributed by atoms with E-state index in [-0.39, 0.29) is 5.54 Å². The van der Waals surface area contributed by atoms with Gasteiger partial charge in [0.1, 0.15) is 23.1 Å². The summed E-state index contributed by atoms with van der Waals surface area (Å²) in [6.07, 6.45) is 0. The Morgan fingerprint density at radius 2 is 1.84 bits per heavy atom. The lowest BCUT2D eigenvalue weighted by atomic mass is 10.1. The van der Waals surface area contributed by atoms with E-state index in [1.165, 1.54) is 0 Å². The molecule has 0 aliphatic heterocycles. The number of aromatic nitrogens is 2. The summed E-state index contributed by atoms with van der Waals surface area (Å²) in [7, 11) is 0. The highest BCUT2D eigenvalue weighted by Gasteiger charge is 2.23. The third-order valence-corrected chi connectivity index (χ3v) is 3.31. The second-order valence-corrected chi connectivity index (χ2v) is 6.23. The molecule has 0 aliphatic rings. The van der Waals surface area contributed by atoms with E-state index in [1.807, 2.05) is 45.0 Å². The maximum absolute atomic E-state index is 9.30. The quantitative estimate of drug-likeness (QED) is 0.874. The minimum absolute atomic E-state index is 0.261. The molecule has 0 radical (unpaired) electrons. The molecule has 5 heteroatoms. The molecule has 1 heterocycles. The minimum Gasteiger partial charge on any atom is -0.383 e. The Morgan fingerprint density at radius 1 is 1.26 bits per heavy atom. The molecule has 0 fully saturated rings. The van der Waals surface area contributed by atoms with E-state index in [4.69, 9.17) is 5.73 Å². The first kappa shape index (κ1) is 13.6. The fraction of sp³-hybridized carbons (Fsp3) is 0.286. The Kier molecular flexibility index (Phi) is 3.38. The van der Waals surface area contributed by atoms with Crippen molar-refractivity contribution in [3.63, 3.8) is 0 Å². The number of hydrogen-bond acceptors (Lipinski definition) is 3. The molecule has 0 bridgehead atoms. The number of anilines is 1. The fourth-order valence-electron chi connectivity index (χ4n) is 1.86. The summed E-state index contributed by atoms with van der Waals surface area (Å²) < 4.78 is 2.68.